The van der Waals surface area contributed by atoms with Crippen LogP contribution in [0.5, 0.6) is 0 Å². The molecule has 0 bridgehead atoms. The van der Waals surface area contributed by atoms with Gasteiger partial charge >= 0.3 is 0 Å². The van der Waals surface area contributed by atoms with Gasteiger partial charge in [0.05, 0.1) is 6.10 Å². The zero-order chi connectivity index (χ0) is 25.1. The molecule has 2 N–H and O–H groups in total. The molecule has 0 saturated carbocycles. The largest absolute Gasteiger partial charge is 0.388 e. The first kappa shape index (κ1) is 23.5. The molecule has 5 nitrogen and oxygen atoms in total. The van der Waals surface area contributed by atoms with E-state index in [0.717, 1.165) is 34.4 Å². The van der Waals surface area contributed by atoms with Gasteiger partial charge in [0.2, 0.25) is 0 Å². The van der Waals surface area contributed by atoms with Crippen LogP contribution in [-0.2, 0) is 0 Å². The van der Waals surface area contributed by atoms with Crippen LogP contribution < -0.4 is 10.2 Å². The van der Waals surface area contributed by atoms with Crippen molar-refractivity contribution in [2.45, 2.75) is 25.9 Å². The Balaban J connectivity index is 1.36. The molecule has 1 aliphatic heterocycles. The van der Waals surface area contributed by atoms with Gasteiger partial charge in [-0.2, -0.15) is 0 Å². The van der Waals surface area contributed by atoms with Crippen LogP contribution in [0.3, 0.4) is 0 Å². The molecule has 5 heteroatoms. The van der Waals surface area contributed by atoms with E-state index < -0.39 is 6.10 Å². The van der Waals surface area contributed by atoms with Crippen LogP contribution in [0.25, 0.3) is 11.1 Å². The van der Waals surface area contributed by atoms with Crippen molar-refractivity contribution in [1.29, 1.82) is 0 Å². The predicted octanol–water partition coefficient (Wildman–Crippen LogP) is 6.39. The second-order valence-electron chi connectivity index (χ2n) is 9.07. The van der Waals surface area contributed by atoms with Gasteiger partial charge in [0.25, 0.3) is 11.8 Å². The van der Waals surface area contributed by atoms with E-state index in [-0.39, 0.29) is 11.8 Å². The smallest absolute Gasteiger partial charge is 0.258 e. The number of hydrogen-bond donors (Lipinski definition) is 2. The second-order valence-corrected chi connectivity index (χ2v) is 9.07. The third-order valence-electron chi connectivity index (χ3n) is 6.69. The first-order chi connectivity index (χ1) is 17.5. The van der Waals surface area contributed by atoms with Gasteiger partial charge in [-0.25, -0.2) is 0 Å². The zero-order valence-electron chi connectivity index (χ0n) is 20.1. The summed E-state index contributed by atoms with van der Waals surface area (Å²) in [7, 11) is 0. The van der Waals surface area contributed by atoms with Crippen molar-refractivity contribution in [3.8, 4) is 11.1 Å². The van der Waals surface area contributed by atoms with Gasteiger partial charge < -0.3 is 15.3 Å². The van der Waals surface area contributed by atoms with Crippen LogP contribution in [0.1, 0.15) is 50.8 Å². The van der Waals surface area contributed by atoms with Crippen LogP contribution in [0, 0.1) is 6.92 Å². The standard InChI is InChI=1S/C31H28N2O3/c1-21-9-2-3-10-24(21)25-11-4-5-12-26(25)30(35)32-23-18-16-22(17-19-23)31(36)33-20-8-15-29(34)27-13-6-7-14-28(27)33/h2-7,9-14,16-19,29,34H,8,15,20H2,1H3,(H,32,35). The highest BCUT2D eigenvalue weighted by atomic mass is 16.3. The highest BCUT2D eigenvalue weighted by Crippen LogP contribution is 2.33. The van der Waals surface area contributed by atoms with Gasteiger partial charge in [0, 0.05) is 34.6 Å². The molecule has 0 aromatic heterocycles. The van der Waals surface area contributed by atoms with Crippen LogP contribution in [0.2, 0.25) is 0 Å². The molecule has 0 radical (unpaired) electrons. The molecule has 5 rings (SSSR count). The third-order valence-corrected chi connectivity index (χ3v) is 6.69. The summed E-state index contributed by atoms with van der Waals surface area (Å²) < 4.78 is 0. The number of rotatable bonds is 4. The summed E-state index contributed by atoms with van der Waals surface area (Å²) in [6, 6.07) is 30.0. The van der Waals surface area contributed by atoms with Crippen LogP contribution >= 0.6 is 0 Å². The number of fused-ring (bicyclic) bond motifs is 1. The molecule has 0 saturated heterocycles. The average molecular weight is 477 g/mol. The summed E-state index contributed by atoms with van der Waals surface area (Å²) in [6.07, 6.45) is 0.769. The fraction of sp³-hybridized carbons (Fsp3) is 0.161. The minimum absolute atomic E-state index is 0.126. The summed E-state index contributed by atoms with van der Waals surface area (Å²) in [4.78, 5) is 28.3. The fourth-order valence-electron chi connectivity index (χ4n) is 4.79. The number of aryl methyl sites for hydroxylation is 1. The Morgan fingerprint density at radius 1 is 0.833 bits per heavy atom. The van der Waals surface area contributed by atoms with E-state index in [4.69, 9.17) is 0 Å². The number of nitrogens with one attached hydrogen (secondary N) is 1. The summed E-state index contributed by atoms with van der Waals surface area (Å²) in [5.41, 5.74) is 6.25. The van der Waals surface area contributed by atoms with Gasteiger partial charge in [-0.05, 0) is 72.9 Å². The second kappa shape index (κ2) is 10.2. The molecule has 180 valence electrons. The van der Waals surface area contributed by atoms with Gasteiger partial charge in [0.15, 0.2) is 0 Å². The number of amides is 2. The van der Waals surface area contributed by atoms with E-state index in [0.29, 0.717) is 29.8 Å². The lowest BCUT2D eigenvalue weighted by Crippen LogP contribution is -2.31. The number of aliphatic hydroxyl groups is 1. The lowest BCUT2D eigenvalue weighted by Gasteiger charge is -2.23. The first-order valence-electron chi connectivity index (χ1n) is 12.2. The van der Waals surface area contributed by atoms with Crippen molar-refractivity contribution < 1.29 is 14.7 Å². The Bertz CT molecular complexity index is 1410. The van der Waals surface area contributed by atoms with E-state index in [1.165, 1.54) is 0 Å². The lowest BCUT2D eigenvalue weighted by molar-refractivity contribution is 0.0985. The van der Waals surface area contributed by atoms with Crippen LogP contribution in [-0.4, -0.2) is 23.5 Å². The molecule has 1 atom stereocenters. The average Bonchev–Trinajstić information content (AvgIpc) is 3.08. The SMILES string of the molecule is Cc1ccccc1-c1ccccc1C(=O)Nc1ccc(C(=O)N2CCCC(O)c3ccccc32)cc1. The van der Waals surface area contributed by atoms with E-state index in [2.05, 4.69) is 5.32 Å². The van der Waals surface area contributed by atoms with E-state index in [1.54, 1.807) is 29.2 Å². The minimum atomic E-state index is -0.570. The maximum Gasteiger partial charge on any atom is 0.258 e. The summed E-state index contributed by atoms with van der Waals surface area (Å²) in [5.74, 6) is -0.331. The summed E-state index contributed by atoms with van der Waals surface area (Å²) in [5, 5.41) is 13.4. The monoisotopic (exact) mass is 476 g/mol. The fourth-order valence-corrected chi connectivity index (χ4v) is 4.79. The number of carbonyl (C=O) groups excluding carboxylic acids is 2. The molecule has 36 heavy (non-hydrogen) atoms. The Morgan fingerprint density at radius 3 is 2.28 bits per heavy atom. The Morgan fingerprint density at radius 2 is 1.50 bits per heavy atom. The predicted molar refractivity (Wildman–Crippen MR) is 143 cm³/mol. The Hall–Kier alpha value is -4.22. The number of carbonyl (C=O) groups is 2. The van der Waals surface area contributed by atoms with Crippen molar-refractivity contribution in [3.05, 3.63) is 119 Å². The molecule has 1 unspecified atom stereocenters. The maximum atomic E-state index is 13.4. The van der Waals surface area contributed by atoms with Crippen molar-refractivity contribution in [2.24, 2.45) is 0 Å². The van der Waals surface area contributed by atoms with Gasteiger partial charge in [-0.1, -0.05) is 60.7 Å². The minimum Gasteiger partial charge on any atom is -0.388 e. The van der Waals surface area contributed by atoms with E-state index in [1.807, 2.05) is 79.7 Å². The molecule has 1 aliphatic rings. The normalized spacial score (nSPS) is 15.1. The number of nitrogens with zero attached hydrogens (tertiary/aromatic N) is 1. The van der Waals surface area contributed by atoms with Crippen molar-refractivity contribution in [3.63, 3.8) is 0 Å². The molecule has 2 amide bonds. The topological polar surface area (TPSA) is 69.6 Å². The molecule has 4 aromatic rings. The lowest BCUT2D eigenvalue weighted by atomic mass is 9.95. The number of hydrogen-bond acceptors (Lipinski definition) is 3. The van der Waals surface area contributed by atoms with Crippen molar-refractivity contribution in [1.82, 2.24) is 0 Å². The van der Waals surface area contributed by atoms with Crippen molar-refractivity contribution in [2.75, 3.05) is 16.8 Å². The van der Waals surface area contributed by atoms with E-state index in [9.17, 15) is 14.7 Å². The zero-order valence-corrected chi connectivity index (χ0v) is 20.1. The Labute approximate surface area is 211 Å². The van der Waals surface area contributed by atoms with Gasteiger partial charge in [0.1, 0.15) is 0 Å². The number of benzene rings is 4. The molecule has 4 aromatic carbocycles. The first-order valence-corrected chi connectivity index (χ1v) is 12.2. The van der Waals surface area contributed by atoms with Crippen LogP contribution in [0.15, 0.2) is 97.1 Å². The maximum absolute atomic E-state index is 13.4. The number of anilines is 2. The number of para-hydroxylation sites is 1. The summed E-state index contributed by atoms with van der Waals surface area (Å²) >= 11 is 0. The summed E-state index contributed by atoms with van der Waals surface area (Å²) in [6.45, 7) is 2.57. The third kappa shape index (κ3) is 4.66. The molecule has 0 fully saturated rings. The Kier molecular flexibility index (Phi) is 6.65. The highest BCUT2D eigenvalue weighted by Gasteiger charge is 2.26. The quantitative estimate of drug-likeness (QED) is 0.359. The molecular weight excluding hydrogens is 448 g/mol. The van der Waals surface area contributed by atoms with Crippen molar-refractivity contribution >= 4 is 23.2 Å². The van der Waals surface area contributed by atoms with Gasteiger partial charge in [-0.3, -0.25) is 9.59 Å². The molecule has 0 aliphatic carbocycles. The molecular formula is C31H28N2O3. The number of aliphatic hydroxyl groups excluding tert-OH is 1. The molecule has 1 heterocycles. The molecule has 0 spiro atoms. The van der Waals surface area contributed by atoms with E-state index >= 15 is 0 Å². The van der Waals surface area contributed by atoms with Crippen LogP contribution in [0.4, 0.5) is 11.4 Å². The van der Waals surface area contributed by atoms with Gasteiger partial charge in [-0.15, -0.1) is 0 Å². The highest BCUT2D eigenvalue weighted by molar-refractivity contribution is 6.10.